The fraction of sp³-hybridized carbons (Fsp3) is 0.353. The van der Waals surface area contributed by atoms with Crippen molar-refractivity contribution in [2.45, 2.75) is 25.8 Å². The molecule has 2 aromatic rings. The highest BCUT2D eigenvalue weighted by Crippen LogP contribution is 2.31. The molecule has 0 spiro atoms. The van der Waals surface area contributed by atoms with Gasteiger partial charge in [-0.05, 0) is 34.7 Å². The van der Waals surface area contributed by atoms with E-state index in [4.69, 9.17) is 0 Å². The van der Waals surface area contributed by atoms with Gasteiger partial charge in [-0.3, -0.25) is 9.89 Å². The number of carboxylic acids is 1. The molecule has 6 nitrogen and oxygen atoms in total. The number of aliphatic carboxylic acids is 1. The predicted molar refractivity (Wildman–Crippen MR) is 92.6 cm³/mol. The second kappa shape index (κ2) is 6.76. The van der Waals surface area contributed by atoms with Crippen molar-refractivity contribution in [1.82, 2.24) is 15.1 Å². The number of benzene rings is 1. The maximum atomic E-state index is 12.8. The Bertz CT molecular complexity index is 760. The van der Waals surface area contributed by atoms with Crippen molar-refractivity contribution < 1.29 is 14.7 Å². The molecule has 2 unspecified atom stereocenters. The number of hydrogen-bond donors (Lipinski definition) is 2. The summed E-state index contributed by atoms with van der Waals surface area (Å²) >= 11 is 3.44. The first-order valence-corrected chi connectivity index (χ1v) is 8.61. The summed E-state index contributed by atoms with van der Waals surface area (Å²) in [5.41, 5.74) is 1.80. The van der Waals surface area contributed by atoms with Gasteiger partial charge in [0.15, 0.2) is 0 Å². The van der Waals surface area contributed by atoms with Gasteiger partial charge in [0, 0.05) is 12.1 Å². The lowest BCUT2D eigenvalue weighted by Crippen LogP contribution is -2.50. The summed E-state index contributed by atoms with van der Waals surface area (Å²) in [6.07, 6.45) is 1.27. The fourth-order valence-corrected chi connectivity index (χ4v) is 3.60. The topological polar surface area (TPSA) is 86.3 Å². The van der Waals surface area contributed by atoms with Crippen LogP contribution in [0.5, 0.6) is 0 Å². The maximum Gasteiger partial charge on any atom is 0.326 e. The number of rotatable bonds is 3. The summed E-state index contributed by atoms with van der Waals surface area (Å²) in [6, 6.07) is 8.70. The van der Waals surface area contributed by atoms with Crippen LogP contribution in [0.1, 0.15) is 30.3 Å². The molecule has 7 heteroatoms. The predicted octanol–water partition coefficient (Wildman–Crippen LogP) is 3.16. The Hall–Kier alpha value is -2.15. The van der Waals surface area contributed by atoms with Crippen LogP contribution in [-0.2, 0) is 4.79 Å². The molecule has 2 N–H and O–H groups in total. The lowest BCUT2D eigenvalue weighted by molar-refractivity contribution is -0.144. The van der Waals surface area contributed by atoms with Crippen LogP contribution in [0.15, 0.2) is 34.8 Å². The zero-order valence-corrected chi connectivity index (χ0v) is 14.8. The second-order valence-electron chi connectivity index (χ2n) is 6.11. The molecule has 1 aliphatic heterocycles. The van der Waals surface area contributed by atoms with E-state index in [-0.39, 0.29) is 11.6 Å². The van der Waals surface area contributed by atoms with Crippen LogP contribution >= 0.6 is 15.9 Å². The molecular formula is C17H18BrN3O3. The lowest BCUT2D eigenvalue weighted by Gasteiger charge is -2.35. The van der Waals surface area contributed by atoms with E-state index < -0.39 is 12.0 Å². The molecule has 0 saturated carbocycles. The Morgan fingerprint density at radius 1 is 1.33 bits per heavy atom. The molecule has 1 saturated heterocycles. The number of aromatic nitrogens is 2. The highest BCUT2D eigenvalue weighted by atomic mass is 79.9. The third-order valence-corrected chi connectivity index (χ3v) is 5.15. The summed E-state index contributed by atoms with van der Waals surface area (Å²) in [4.78, 5) is 25.8. The van der Waals surface area contributed by atoms with E-state index in [2.05, 4.69) is 26.1 Å². The van der Waals surface area contributed by atoms with Crippen molar-refractivity contribution in [2.24, 2.45) is 5.92 Å². The molecule has 0 bridgehead atoms. The SMILES string of the molecule is CC1CCN(C(=O)c2[nH]nc(-c3ccccc3)c2Br)C(C(=O)O)C1. The Labute approximate surface area is 148 Å². The van der Waals surface area contributed by atoms with E-state index in [1.54, 1.807) is 0 Å². The monoisotopic (exact) mass is 391 g/mol. The Morgan fingerprint density at radius 3 is 2.71 bits per heavy atom. The summed E-state index contributed by atoms with van der Waals surface area (Å²) in [5, 5.41) is 16.4. The molecule has 1 fully saturated rings. The van der Waals surface area contributed by atoms with Crippen LogP contribution in [-0.4, -0.2) is 44.7 Å². The smallest absolute Gasteiger partial charge is 0.326 e. The second-order valence-corrected chi connectivity index (χ2v) is 6.90. The minimum Gasteiger partial charge on any atom is -0.480 e. The van der Waals surface area contributed by atoms with E-state index in [1.807, 2.05) is 37.3 Å². The van der Waals surface area contributed by atoms with E-state index in [0.717, 1.165) is 12.0 Å². The minimum absolute atomic E-state index is 0.287. The molecule has 0 radical (unpaired) electrons. The normalized spacial score (nSPS) is 20.8. The van der Waals surface area contributed by atoms with Crippen LogP contribution in [0.3, 0.4) is 0 Å². The Balaban J connectivity index is 1.90. The van der Waals surface area contributed by atoms with Crippen molar-refractivity contribution in [3.05, 3.63) is 40.5 Å². The van der Waals surface area contributed by atoms with Crippen LogP contribution in [0.4, 0.5) is 0 Å². The van der Waals surface area contributed by atoms with Crippen LogP contribution in [0.2, 0.25) is 0 Å². The Morgan fingerprint density at radius 2 is 2.04 bits per heavy atom. The van der Waals surface area contributed by atoms with Crippen molar-refractivity contribution in [3.63, 3.8) is 0 Å². The van der Waals surface area contributed by atoms with E-state index >= 15 is 0 Å². The van der Waals surface area contributed by atoms with Gasteiger partial charge in [0.1, 0.15) is 17.4 Å². The van der Waals surface area contributed by atoms with Gasteiger partial charge in [0.2, 0.25) is 0 Å². The first kappa shape index (κ1) is 16.7. The number of halogens is 1. The molecule has 2 heterocycles. The number of hydrogen-bond acceptors (Lipinski definition) is 3. The Kier molecular flexibility index (Phi) is 4.71. The van der Waals surface area contributed by atoms with E-state index in [0.29, 0.717) is 29.1 Å². The van der Waals surface area contributed by atoms with Crippen LogP contribution in [0, 0.1) is 5.92 Å². The summed E-state index contributed by atoms with van der Waals surface area (Å²) in [6.45, 7) is 2.44. The number of carboxylic acid groups (broad SMARTS) is 1. The molecule has 2 atom stereocenters. The highest BCUT2D eigenvalue weighted by Gasteiger charge is 2.36. The summed E-state index contributed by atoms with van der Waals surface area (Å²) in [7, 11) is 0. The maximum absolute atomic E-state index is 12.8. The molecule has 3 rings (SSSR count). The third-order valence-electron chi connectivity index (χ3n) is 4.38. The average Bonchev–Trinajstić information content (AvgIpc) is 2.96. The lowest BCUT2D eigenvalue weighted by atomic mass is 9.92. The number of amides is 1. The van der Waals surface area contributed by atoms with E-state index in [9.17, 15) is 14.7 Å². The number of piperidine rings is 1. The highest BCUT2D eigenvalue weighted by molar-refractivity contribution is 9.10. The fourth-order valence-electron chi connectivity index (χ4n) is 3.02. The number of carbonyl (C=O) groups is 2. The number of nitrogens with zero attached hydrogens (tertiary/aromatic N) is 2. The molecule has 1 aromatic carbocycles. The molecule has 1 amide bonds. The van der Waals surface area contributed by atoms with Gasteiger partial charge in [-0.25, -0.2) is 4.79 Å². The molecular weight excluding hydrogens is 374 g/mol. The quantitative estimate of drug-likeness (QED) is 0.840. The number of likely N-dealkylation sites (tertiary alicyclic amines) is 1. The molecule has 24 heavy (non-hydrogen) atoms. The first-order chi connectivity index (χ1) is 11.5. The van der Waals surface area contributed by atoms with Gasteiger partial charge in [-0.15, -0.1) is 0 Å². The zero-order valence-electron chi connectivity index (χ0n) is 13.2. The molecule has 1 aromatic heterocycles. The largest absolute Gasteiger partial charge is 0.480 e. The number of nitrogens with one attached hydrogen (secondary N) is 1. The number of H-pyrrole nitrogens is 1. The molecule has 0 aliphatic carbocycles. The van der Waals surface area contributed by atoms with Crippen LogP contribution < -0.4 is 0 Å². The van der Waals surface area contributed by atoms with Crippen molar-refractivity contribution in [1.29, 1.82) is 0 Å². The van der Waals surface area contributed by atoms with Gasteiger partial charge in [-0.1, -0.05) is 37.3 Å². The molecule has 1 aliphatic rings. The standard InChI is InChI=1S/C17H18BrN3O3/c1-10-7-8-21(12(9-10)17(23)24)16(22)15-13(18)14(19-20-15)11-5-3-2-4-6-11/h2-6,10,12H,7-9H2,1H3,(H,19,20)(H,23,24). The van der Waals surface area contributed by atoms with Gasteiger partial charge in [0.05, 0.1) is 4.47 Å². The summed E-state index contributed by atoms with van der Waals surface area (Å²) < 4.78 is 0.557. The van der Waals surface area contributed by atoms with Crippen molar-refractivity contribution >= 4 is 27.8 Å². The van der Waals surface area contributed by atoms with Crippen molar-refractivity contribution in [2.75, 3.05) is 6.54 Å². The molecule has 126 valence electrons. The van der Waals surface area contributed by atoms with Crippen LogP contribution in [0.25, 0.3) is 11.3 Å². The van der Waals surface area contributed by atoms with Crippen molar-refractivity contribution in [3.8, 4) is 11.3 Å². The van der Waals surface area contributed by atoms with Gasteiger partial charge < -0.3 is 10.0 Å². The van der Waals surface area contributed by atoms with Gasteiger partial charge in [0.25, 0.3) is 5.91 Å². The zero-order chi connectivity index (χ0) is 17.3. The average molecular weight is 392 g/mol. The van der Waals surface area contributed by atoms with Gasteiger partial charge in [-0.2, -0.15) is 5.10 Å². The summed E-state index contributed by atoms with van der Waals surface area (Å²) in [5.74, 6) is -1.01. The minimum atomic E-state index is -0.964. The third kappa shape index (κ3) is 3.08. The number of aromatic amines is 1. The first-order valence-electron chi connectivity index (χ1n) is 7.82. The number of carbonyl (C=O) groups excluding carboxylic acids is 1. The van der Waals surface area contributed by atoms with Gasteiger partial charge >= 0.3 is 5.97 Å². The van der Waals surface area contributed by atoms with E-state index in [1.165, 1.54) is 4.90 Å².